The maximum Gasteiger partial charge on any atom is 0.282 e. The van der Waals surface area contributed by atoms with Crippen molar-refractivity contribution in [2.24, 2.45) is 0 Å². The van der Waals surface area contributed by atoms with Gasteiger partial charge in [0.1, 0.15) is 0 Å². The average molecular weight is 314 g/mol. The molecule has 0 unspecified atom stereocenters. The Balaban J connectivity index is 2.16. The monoisotopic (exact) mass is 313 g/mol. The highest BCUT2D eigenvalue weighted by molar-refractivity contribution is 7.98. The lowest BCUT2D eigenvalue weighted by Crippen LogP contribution is -1.91. The van der Waals surface area contributed by atoms with Gasteiger partial charge in [0.05, 0.1) is 9.82 Å². The molecule has 0 fully saturated rings. The van der Waals surface area contributed by atoms with Crippen molar-refractivity contribution in [1.82, 2.24) is 0 Å². The number of nitro benzene ring substituents is 1. The van der Waals surface area contributed by atoms with Crippen LogP contribution in [0.5, 0.6) is 0 Å². The molecule has 0 N–H and O–H groups in total. The van der Waals surface area contributed by atoms with E-state index >= 15 is 0 Å². The fourth-order valence-electron chi connectivity index (χ4n) is 1.50. The summed E-state index contributed by atoms with van der Waals surface area (Å²) < 4.78 is 0. The Morgan fingerprint density at radius 1 is 1.05 bits per heavy atom. The minimum Gasteiger partial charge on any atom is -0.258 e. The van der Waals surface area contributed by atoms with Crippen LogP contribution in [-0.2, 0) is 5.75 Å². The lowest BCUT2D eigenvalue weighted by molar-refractivity contribution is -0.387. The van der Waals surface area contributed by atoms with Gasteiger partial charge in [-0.15, -0.1) is 11.8 Å². The van der Waals surface area contributed by atoms with Crippen molar-refractivity contribution in [2.45, 2.75) is 10.6 Å². The summed E-state index contributed by atoms with van der Waals surface area (Å²) in [6.07, 6.45) is 0. The van der Waals surface area contributed by atoms with Crippen molar-refractivity contribution in [1.29, 1.82) is 0 Å². The minimum atomic E-state index is -0.402. The Hall–Kier alpha value is -1.23. The summed E-state index contributed by atoms with van der Waals surface area (Å²) in [6, 6.07) is 11.9. The quantitative estimate of drug-likeness (QED) is 0.443. The van der Waals surface area contributed by atoms with Gasteiger partial charge in [-0.1, -0.05) is 35.3 Å². The molecule has 0 heterocycles. The van der Waals surface area contributed by atoms with Crippen LogP contribution in [0.2, 0.25) is 10.0 Å². The van der Waals surface area contributed by atoms with Gasteiger partial charge in [0.2, 0.25) is 0 Å². The average Bonchev–Trinajstić information content (AvgIpc) is 2.38. The van der Waals surface area contributed by atoms with E-state index < -0.39 is 4.92 Å². The summed E-state index contributed by atoms with van der Waals surface area (Å²) in [5.74, 6) is 0.623. The first-order chi connectivity index (χ1) is 9.06. The molecule has 0 aliphatic rings. The van der Waals surface area contributed by atoms with Gasteiger partial charge in [0.25, 0.3) is 5.69 Å². The largest absolute Gasteiger partial charge is 0.282 e. The molecule has 98 valence electrons. The number of rotatable bonds is 4. The van der Waals surface area contributed by atoms with E-state index in [1.807, 2.05) is 12.1 Å². The van der Waals surface area contributed by atoms with E-state index in [1.165, 1.54) is 23.9 Å². The lowest BCUT2D eigenvalue weighted by Gasteiger charge is -2.04. The van der Waals surface area contributed by atoms with Gasteiger partial charge < -0.3 is 0 Å². The molecule has 0 saturated carbocycles. The second kappa shape index (κ2) is 6.28. The third kappa shape index (κ3) is 3.86. The molecule has 0 radical (unpaired) electrons. The molecule has 0 aromatic heterocycles. The van der Waals surface area contributed by atoms with Crippen LogP contribution in [0, 0.1) is 10.1 Å². The minimum absolute atomic E-state index is 0.0726. The summed E-state index contributed by atoms with van der Waals surface area (Å²) >= 11 is 13.1. The van der Waals surface area contributed by atoms with Crippen LogP contribution < -0.4 is 0 Å². The fraction of sp³-hybridized carbons (Fsp3) is 0.0769. The second-order valence-electron chi connectivity index (χ2n) is 3.78. The predicted octanol–water partition coefficient (Wildman–Crippen LogP) is 5.19. The van der Waals surface area contributed by atoms with E-state index in [-0.39, 0.29) is 5.69 Å². The van der Waals surface area contributed by atoms with Crippen molar-refractivity contribution in [3.63, 3.8) is 0 Å². The SMILES string of the molecule is O=[N+]([O-])c1ccc(Cl)cc1SCc1ccc(Cl)cc1. The van der Waals surface area contributed by atoms with Crippen LogP contribution in [0.3, 0.4) is 0 Å². The summed E-state index contributed by atoms with van der Waals surface area (Å²) in [6.45, 7) is 0. The molecule has 0 bridgehead atoms. The zero-order valence-corrected chi connectivity index (χ0v) is 12.0. The first-order valence-electron chi connectivity index (χ1n) is 5.37. The van der Waals surface area contributed by atoms with Crippen molar-refractivity contribution in [2.75, 3.05) is 0 Å². The van der Waals surface area contributed by atoms with Gasteiger partial charge in [-0.25, -0.2) is 0 Å². The van der Waals surface area contributed by atoms with E-state index in [9.17, 15) is 10.1 Å². The zero-order chi connectivity index (χ0) is 13.8. The van der Waals surface area contributed by atoms with Crippen LogP contribution in [0.4, 0.5) is 5.69 Å². The van der Waals surface area contributed by atoms with Gasteiger partial charge in [-0.2, -0.15) is 0 Å². The van der Waals surface area contributed by atoms with E-state index in [4.69, 9.17) is 23.2 Å². The molecule has 0 saturated heterocycles. The van der Waals surface area contributed by atoms with Crippen LogP contribution >= 0.6 is 35.0 Å². The third-order valence-corrected chi connectivity index (χ3v) is 4.03. The number of hydrogen-bond donors (Lipinski definition) is 0. The highest BCUT2D eigenvalue weighted by atomic mass is 35.5. The normalized spacial score (nSPS) is 10.4. The molecule has 2 rings (SSSR count). The van der Waals surface area contributed by atoms with E-state index in [1.54, 1.807) is 18.2 Å². The number of thioether (sulfide) groups is 1. The Labute approximate surface area is 124 Å². The van der Waals surface area contributed by atoms with E-state index in [0.29, 0.717) is 20.7 Å². The highest BCUT2D eigenvalue weighted by Crippen LogP contribution is 2.33. The molecular formula is C13H9Cl2NO2S. The summed E-state index contributed by atoms with van der Waals surface area (Å²) in [5, 5.41) is 12.1. The molecule has 6 heteroatoms. The summed E-state index contributed by atoms with van der Waals surface area (Å²) in [7, 11) is 0. The predicted molar refractivity (Wildman–Crippen MR) is 79.1 cm³/mol. The van der Waals surface area contributed by atoms with Crippen LogP contribution in [0.1, 0.15) is 5.56 Å². The molecular weight excluding hydrogens is 305 g/mol. The summed E-state index contributed by atoms with van der Waals surface area (Å²) in [5.41, 5.74) is 1.12. The van der Waals surface area contributed by atoms with Crippen LogP contribution in [-0.4, -0.2) is 4.92 Å². The van der Waals surface area contributed by atoms with Crippen molar-refractivity contribution in [3.05, 3.63) is 68.2 Å². The topological polar surface area (TPSA) is 43.1 Å². The van der Waals surface area contributed by atoms with Crippen LogP contribution in [0.15, 0.2) is 47.4 Å². The molecule has 2 aromatic carbocycles. The number of halogens is 2. The molecule has 0 aliphatic heterocycles. The fourth-order valence-corrected chi connectivity index (χ4v) is 2.87. The van der Waals surface area contributed by atoms with Gasteiger partial charge in [0, 0.05) is 21.9 Å². The second-order valence-corrected chi connectivity index (χ2v) is 5.67. The molecule has 0 spiro atoms. The first-order valence-corrected chi connectivity index (χ1v) is 7.11. The van der Waals surface area contributed by atoms with Gasteiger partial charge in [-0.3, -0.25) is 10.1 Å². The van der Waals surface area contributed by atoms with Crippen molar-refractivity contribution in [3.8, 4) is 0 Å². The highest BCUT2D eigenvalue weighted by Gasteiger charge is 2.14. The van der Waals surface area contributed by atoms with Gasteiger partial charge in [0.15, 0.2) is 0 Å². The lowest BCUT2D eigenvalue weighted by atomic mass is 10.2. The van der Waals surface area contributed by atoms with Gasteiger partial charge in [-0.05, 0) is 29.8 Å². The number of nitrogens with zero attached hydrogens (tertiary/aromatic N) is 1. The smallest absolute Gasteiger partial charge is 0.258 e. The molecule has 0 aliphatic carbocycles. The maximum absolute atomic E-state index is 10.9. The first kappa shape index (κ1) is 14.2. The zero-order valence-electron chi connectivity index (χ0n) is 9.68. The van der Waals surface area contributed by atoms with Crippen molar-refractivity contribution < 1.29 is 4.92 Å². The maximum atomic E-state index is 10.9. The number of hydrogen-bond acceptors (Lipinski definition) is 3. The molecule has 0 amide bonds. The Morgan fingerprint density at radius 3 is 2.32 bits per heavy atom. The van der Waals surface area contributed by atoms with Crippen molar-refractivity contribution >= 4 is 40.7 Å². The standard InChI is InChI=1S/C13H9Cl2NO2S/c14-10-3-1-9(2-4-10)8-19-13-7-11(15)5-6-12(13)16(17)18/h1-7H,8H2. The molecule has 19 heavy (non-hydrogen) atoms. The Morgan fingerprint density at radius 2 is 1.68 bits per heavy atom. The Kier molecular flexibility index (Phi) is 4.69. The number of benzene rings is 2. The molecule has 0 atom stereocenters. The Bertz CT molecular complexity index is 602. The van der Waals surface area contributed by atoms with E-state index in [0.717, 1.165) is 5.56 Å². The number of nitro groups is 1. The third-order valence-electron chi connectivity index (χ3n) is 2.43. The molecule has 3 nitrogen and oxygen atoms in total. The summed E-state index contributed by atoms with van der Waals surface area (Å²) in [4.78, 5) is 11.1. The van der Waals surface area contributed by atoms with Gasteiger partial charge >= 0.3 is 0 Å². The van der Waals surface area contributed by atoms with E-state index in [2.05, 4.69) is 0 Å². The molecule has 2 aromatic rings. The van der Waals surface area contributed by atoms with Crippen LogP contribution in [0.25, 0.3) is 0 Å².